The average molecular weight is 608 g/mol. The highest BCUT2D eigenvalue weighted by molar-refractivity contribution is 9.10. The largest absolute Gasteiger partial charge is 0.486 e. The maximum absolute atomic E-state index is 13.5. The van der Waals surface area contributed by atoms with Crippen molar-refractivity contribution in [2.24, 2.45) is 5.41 Å². The van der Waals surface area contributed by atoms with E-state index in [1.807, 2.05) is 29.2 Å². The Bertz CT molecular complexity index is 1450. The van der Waals surface area contributed by atoms with Crippen molar-refractivity contribution in [3.05, 3.63) is 80.1 Å². The quantitative estimate of drug-likeness (QED) is 0.376. The van der Waals surface area contributed by atoms with Crippen molar-refractivity contribution in [3.8, 4) is 11.4 Å². The molecule has 1 saturated carbocycles. The zero-order valence-electron chi connectivity index (χ0n) is 20.4. The number of hydrogen-bond acceptors (Lipinski definition) is 6. The molecule has 1 saturated heterocycles. The molecule has 0 amide bonds. The second kappa shape index (κ2) is 10.4. The third-order valence-corrected chi connectivity index (χ3v) is 9.48. The lowest BCUT2D eigenvalue weighted by Gasteiger charge is -2.35. The molecule has 0 bridgehead atoms. The first-order chi connectivity index (χ1) is 17.6. The molecule has 8 nitrogen and oxygen atoms in total. The monoisotopic (exact) mass is 606 g/mol. The van der Waals surface area contributed by atoms with Gasteiger partial charge in [-0.25, -0.2) is 8.42 Å². The van der Waals surface area contributed by atoms with Gasteiger partial charge in [-0.3, -0.25) is 4.79 Å². The third kappa shape index (κ3) is 6.03. The van der Waals surface area contributed by atoms with E-state index < -0.39 is 10.0 Å². The van der Waals surface area contributed by atoms with Gasteiger partial charge in [-0.1, -0.05) is 52.7 Å². The zero-order chi connectivity index (χ0) is 26.2. The van der Waals surface area contributed by atoms with Gasteiger partial charge in [0.05, 0.1) is 24.2 Å². The van der Waals surface area contributed by atoms with E-state index >= 15 is 0 Å². The summed E-state index contributed by atoms with van der Waals surface area (Å²) in [5.41, 5.74) is 1.58. The smallest absolute Gasteiger partial charge is 0.316 e. The standard InChI is InChI=1S/C26H28BrClN4O4S/c1-26(9-10-26)18-36-24-23(16-29-32(25(24)33)22-4-2-3-21(28)15-22)30-11-13-31(14-12-30)37(34,35)17-19-5-7-20(27)8-6-19/h2-8,15-16H,9-14,17-18H2,1H3. The van der Waals surface area contributed by atoms with Crippen LogP contribution in [-0.2, 0) is 15.8 Å². The molecule has 0 radical (unpaired) electrons. The molecule has 1 aromatic heterocycles. The summed E-state index contributed by atoms with van der Waals surface area (Å²) in [4.78, 5) is 15.5. The number of sulfonamides is 1. The molecule has 1 aliphatic carbocycles. The van der Waals surface area contributed by atoms with Crippen LogP contribution in [0, 0.1) is 5.41 Å². The fourth-order valence-electron chi connectivity index (χ4n) is 4.28. The molecule has 0 spiro atoms. The molecule has 37 heavy (non-hydrogen) atoms. The van der Waals surface area contributed by atoms with Crippen molar-refractivity contribution >= 4 is 43.2 Å². The predicted molar refractivity (Wildman–Crippen MR) is 148 cm³/mol. The molecule has 3 aromatic rings. The SMILES string of the molecule is CC1(COc2c(N3CCN(S(=O)(=O)Cc4ccc(Br)cc4)CC3)cnn(-c3cccc(Cl)c3)c2=O)CC1. The van der Waals surface area contributed by atoms with Crippen molar-refractivity contribution in [1.29, 1.82) is 0 Å². The fraction of sp³-hybridized carbons (Fsp3) is 0.385. The van der Waals surface area contributed by atoms with Crippen LogP contribution in [0.2, 0.25) is 5.02 Å². The van der Waals surface area contributed by atoms with Gasteiger partial charge >= 0.3 is 5.56 Å². The Morgan fingerprint density at radius 3 is 2.43 bits per heavy atom. The normalized spacial score (nSPS) is 17.5. The van der Waals surface area contributed by atoms with Crippen molar-refractivity contribution in [1.82, 2.24) is 14.1 Å². The van der Waals surface area contributed by atoms with Gasteiger partial charge in [0.25, 0.3) is 0 Å². The third-order valence-electron chi connectivity index (χ3n) is 6.87. The van der Waals surface area contributed by atoms with Crippen LogP contribution in [0.3, 0.4) is 0 Å². The minimum absolute atomic E-state index is 0.0511. The Balaban J connectivity index is 1.36. The van der Waals surface area contributed by atoms with E-state index in [1.165, 1.54) is 8.99 Å². The Morgan fingerprint density at radius 1 is 1.08 bits per heavy atom. The number of hydrogen-bond donors (Lipinski definition) is 0. The van der Waals surface area contributed by atoms with Crippen LogP contribution >= 0.6 is 27.5 Å². The summed E-state index contributed by atoms with van der Waals surface area (Å²) in [7, 11) is -3.48. The van der Waals surface area contributed by atoms with E-state index in [1.54, 1.807) is 30.5 Å². The predicted octanol–water partition coefficient (Wildman–Crippen LogP) is 4.48. The molecule has 2 aromatic carbocycles. The molecule has 2 fully saturated rings. The lowest BCUT2D eigenvalue weighted by molar-refractivity contribution is 0.242. The minimum atomic E-state index is -3.48. The summed E-state index contributed by atoms with van der Waals surface area (Å²) in [5, 5.41) is 4.91. The number of aromatic nitrogens is 2. The first-order valence-corrected chi connectivity index (χ1v) is 14.9. The van der Waals surface area contributed by atoms with Crippen LogP contribution in [0.25, 0.3) is 5.69 Å². The van der Waals surface area contributed by atoms with Gasteiger partial charge in [-0.15, -0.1) is 0 Å². The van der Waals surface area contributed by atoms with E-state index in [4.69, 9.17) is 16.3 Å². The van der Waals surface area contributed by atoms with Crippen LogP contribution in [0.4, 0.5) is 5.69 Å². The number of anilines is 1. The molecular weight excluding hydrogens is 580 g/mol. The lowest BCUT2D eigenvalue weighted by atomic mass is 10.2. The van der Waals surface area contributed by atoms with Crippen molar-refractivity contribution in [2.75, 3.05) is 37.7 Å². The van der Waals surface area contributed by atoms with Crippen LogP contribution < -0.4 is 15.2 Å². The summed E-state index contributed by atoms with van der Waals surface area (Å²) >= 11 is 9.52. The van der Waals surface area contributed by atoms with Crippen molar-refractivity contribution in [3.63, 3.8) is 0 Å². The molecule has 2 aliphatic rings. The van der Waals surface area contributed by atoms with Crippen LogP contribution in [-0.4, -0.2) is 55.3 Å². The second-order valence-electron chi connectivity index (χ2n) is 9.92. The van der Waals surface area contributed by atoms with E-state index in [2.05, 4.69) is 28.0 Å². The second-order valence-corrected chi connectivity index (χ2v) is 13.2. The highest BCUT2D eigenvalue weighted by atomic mass is 79.9. The number of ether oxygens (including phenoxy) is 1. The molecular formula is C26H28BrClN4O4S. The van der Waals surface area contributed by atoms with Gasteiger partial charge in [-0.2, -0.15) is 14.1 Å². The minimum Gasteiger partial charge on any atom is -0.486 e. The Morgan fingerprint density at radius 2 is 1.78 bits per heavy atom. The maximum atomic E-state index is 13.5. The van der Waals surface area contributed by atoms with Gasteiger partial charge in [0.1, 0.15) is 5.69 Å². The number of piperazine rings is 1. The number of benzene rings is 2. The van der Waals surface area contributed by atoms with Gasteiger partial charge in [-0.05, 0) is 48.7 Å². The van der Waals surface area contributed by atoms with Gasteiger partial charge in [0.2, 0.25) is 15.8 Å². The Kier molecular flexibility index (Phi) is 7.37. The van der Waals surface area contributed by atoms with Gasteiger partial charge in [0, 0.05) is 41.1 Å². The molecule has 0 atom stereocenters. The van der Waals surface area contributed by atoms with E-state index in [0.717, 1.165) is 22.9 Å². The summed E-state index contributed by atoms with van der Waals surface area (Å²) in [6, 6.07) is 14.2. The van der Waals surface area contributed by atoms with E-state index in [9.17, 15) is 13.2 Å². The summed E-state index contributed by atoms with van der Waals surface area (Å²) in [6.45, 7) is 4.06. The average Bonchev–Trinajstić information content (AvgIpc) is 3.61. The highest BCUT2D eigenvalue weighted by Crippen LogP contribution is 2.45. The van der Waals surface area contributed by atoms with E-state index in [0.29, 0.717) is 49.2 Å². The Hall–Kier alpha value is -2.40. The number of rotatable bonds is 8. The summed E-state index contributed by atoms with van der Waals surface area (Å²) < 4.78 is 35.9. The van der Waals surface area contributed by atoms with Crippen LogP contribution in [0.1, 0.15) is 25.3 Å². The topological polar surface area (TPSA) is 84.7 Å². The zero-order valence-corrected chi connectivity index (χ0v) is 23.6. The first kappa shape index (κ1) is 26.2. The van der Waals surface area contributed by atoms with E-state index in [-0.39, 0.29) is 22.5 Å². The lowest BCUT2D eigenvalue weighted by Crippen LogP contribution is -2.49. The van der Waals surface area contributed by atoms with Gasteiger partial charge < -0.3 is 9.64 Å². The van der Waals surface area contributed by atoms with Crippen molar-refractivity contribution in [2.45, 2.75) is 25.5 Å². The fourth-order valence-corrected chi connectivity index (χ4v) is 6.24. The Labute approximate surface area is 230 Å². The highest BCUT2D eigenvalue weighted by Gasteiger charge is 2.39. The summed E-state index contributed by atoms with van der Waals surface area (Å²) in [5.74, 6) is 0.180. The van der Waals surface area contributed by atoms with Gasteiger partial charge in [0.15, 0.2) is 0 Å². The molecule has 0 N–H and O–H groups in total. The number of halogens is 2. The van der Waals surface area contributed by atoms with Crippen LogP contribution in [0.5, 0.6) is 5.75 Å². The molecule has 2 heterocycles. The molecule has 1 aliphatic heterocycles. The first-order valence-electron chi connectivity index (χ1n) is 12.1. The molecule has 0 unspecified atom stereocenters. The molecule has 5 rings (SSSR count). The maximum Gasteiger partial charge on any atom is 0.316 e. The van der Waals surface area contributed by atoms with Crippen LogP contribution in [0.15, 0.2) is 64.0 Å². The number of nitrogens with zero attached hydrogens (tertiary/aromatic N) is 4. The molecule has 196 valence electrons. The summed E-state index contributed by atoms with van der Waals surface area (Å²) in [6.07, 6.45) is 3.74. The van der Waals surface area contributed by atoms with Crippen molar-refractivity contribution < 1.29 is 13.2 Å². The molecule has 11 heteroatoms.